The first kappa shape index (κ1) is 18.2. The smallest absolute Gasteiger partial charge is 0.252 e. The van der Waals surface area contributed by atoms with Gasteiger partial charge in [-0.3, -0.25) is 4.79 Å². The zero-order valence-electron chi connectivity index (χ0n) is 15.4. The topological polar surface area (TPSA) is 82.6 Å². The first-order valence-corrected chi connectivity index (χ1v) is 11.0. The van der Waals surface area contributed by atoms with Crippen LogP contribution in [-0.2, 0) is 10.0 Å². The molecule has 1 amide bonds. The number of nitrogens with zero attached hydrogens (tertiary/aromatic N) is 3. The van der Waals surface area contributed by atoms with Crippen LogP contribution in [0.4, 0.5) is 5.82 Å². The summed E-state index contributed by atoms with van der Waals surface area (Å²) in [6.07, 6.45) is 2.07. The van der Waals surface area contributed by atoms with Crippen LogP contribution in [0.5, 0.6) is 0 Å². The molecule has 1 aliphatic heterocycles. The number of nitrogens with one attached hydrogen (secondary N) is 1. The van der Waals surface area contributed by atoms with E-state index in [-0.39, 0.29) is 17.7 Å². The van der Waals surface area contributed by atoms with Crippen LogP contribution in [0.1, 0.15) is 30.1 Å². The molecule has 1 aromatic heterocycles. The van der Waals surface area contributed by atoms with Gasteiger partial charge in [-0.05, 0) is 31.9 Å². The molecule has 2 aromatic rings. The van der Waals surface area contributed by atoms with E-state index in [1.54, 1.807) is 6.92 Å². The predicted molar refractivity (Wildman–Crippen MR) is 105 cm³/mol. The number of benzene rings is 1. The summed E-state index contributed by atoms with van der Waals surface area (Å²) in [6, 6.07) is 9.77. The van der Waals surface area contributed by atoms with Gasteiger partial charge in [-0.25, -0.2) is 13.4 Å². The Labute approximate surface area is 159 Å². The highest BCUT2D eigenvalue weighted by molar-refractivity contribution is 7.89. The van der Waals surface area contributed by atoms with Gasteiger partial charge in [-0.2, -0.15) is 4.31 Å². The normalized spacial score (nSPS) is 18.6. The molecule has 1 aliphatic carbocycles. The van der Waals surface area contributed by atoms with Gasteiger partial charge in [-0.1, -0.05) is 18.2 Å². The quantitative estimate of drug-likeness (QED) is 0.841. The molecule has 2 aliphatic rings. The molecule has 0 spiro atoms. The minimum absolute atomic E-state index is 0.0652. The fourth-order valence-corrected chi connectivity index (χ4v) is 4.46. The van der Waals surface area contributed by atoms with Crippen LogP contribution in [0.25, 0.3) is 10.9 Å². The Morgan fingerprint density at radius 1 is 1.19 bits per heavy atom. The maximum absolute atomic E-state index is 12.7. The maximum Gasteiger partial charge on any atom is 0.252 e. The summed E-state index contributed by atoms with van der Waals surface area (Å²) in [6.45, 7) is 3.67. The summed E-state index contributed by atoms with van der Waals surface area (Å²) in [4.78, 5) is 19.5. The van der Waals surface area contributed by atoms with Crippen LogP contribution < -0.4 is 10.2 Å². The third-order valence-corrected chi connectivity index (χ3v) is 7.06. The molecule has 0 radical (unpaired) electrons. The van der Waals surface area contributed by atoms with Gasteiger partial charge in [0.2, 0.25) is 10.0 Å². The molecule has 8 heteroatoms. The monoisotopic (exact) mass is 388 g/mol. The average Bonchev–Trinajstić information content (AvgIpc) is 3.51. The van der Waals surface area contributed by atoms with Crippen LogP contribution in [0.2, 0.25) is 0 Å². The van der Waals surface area contributed by atoms with E-state index in [1.807, 2.05) is 30.3 Å². The number of fused-ring (bicyclic) bond motifs is 1. The molecule has 7 nitrogen and oxygen atoms in total. The standard InChI is InChI=1S/C19H24N4O3S/c1-2-27(25,26)23-11-9-22(10-12-23)18-13-16(19(24)20-14-7-8-14)15-5-3-4-6-17(15)21-18/h3-6,13-14H,2,7-12H2,1H3,(H,20,24). The number of aromatic nitrogens is 1. The Balaban J connectivity index is 1.61. The van der Waals surface area contributed by atoms with Gasteiger partial charge in [-0.15, -0.1) is 0 Å². The number of piperazine rings is 1. The van der Waals surface area contributed by atoms with E-state index in [4.69, 9.17) is 4.98 Å². The number of anilines is 1. The molecule has 4 rings (SSSR count). The summed E-state index contributed by atoms with van der Waals surface area (Å²) in [5.41, 5.74) is 1.41. The van der Waals surface area contributed by atoms with Crippen molar-refractivity contribution in [3.05, 3.63) is 35.9 Å². The van der Waals surface area contributed by atoms with Gasteiger partial charge in [0.15, 0.2) is 0 Å². The van der Waals surface area contributed by atoms with Gasteiger partial charge in [0.25, 0.3) is 5.91 Å². The Bertz CT molecular complexity index is 964. The summed E-state index contributed by atoms with van der Waals surface area (Å²) < 4.78 is 25.7. The molecule has 1 saturated heterocycles. The van der Waals surface area contributed by atoms with Crippen LogP contribution >= 0.6 is 0 Å². The lowest BCUT2D eigenvalue weighted by Crippen LogP contribution is -2.49. The van der Waals surface area contributed by atoms with Crippen molar-refractivity contribution in [3.63, 3.8) is 0 Å². The molecular weight excluding hydrogens is 364 g/mol. The number of carbonyl (C=O) groups excluding carboxylic acids is 1. The molecule has 0 atom stereocenters. The van der Waals surface area contributed by atoms with Crippen molar-refractivity contribution in [1.82, 2.24) is 14.6 Å². The summed E-state index contributed by atoms with van der Waals surface area (Å²) in [7, 11) is -3.17. The Kier molecular flexibility index (Phi) is 4.77. The van der Waals surface area contributed by atoms with E-state index < -0.39 is 10.0 Å². The second-order valence-corrected chi connectivity index (χ2v) is 9.34. The number of hydrogen-bond acceptors (Lipinski definition) is 5. The van der Waals surface area contributed by atoms with E-state index in [0.29, 0.717) is 31.7 Å². The van der Waals surface area contributed by atoms with Gasteiger partial charge in [0, 0.05) is 37.6 Å². The van der Waals surface area contributed by atoms with Crippen LogP contribution in [0.15, 0.2) is 30.3 Å². The van der Waals surface area contributed by atoms with E-state index in [2.05, 4.69) is 10.2 Å². The number of sulfonamides is 1. The highest BCUT2D eigenvalue weighted by atomic mass is 32.2. The van der Waals surface area contributed by atoms with E-state index >= 15 is 0 Å². The summed E-state index contributed by atoms with van der Waals surface area (Å²) in [5, 5.41) is 3.89. The van der Waals surface area contributed by atoms with Crippen LogP contribution in [0.3, 0.4) is 0 Å². The minimum atomic E-state index is -3.17. The van der Waals surface area contributed by atoms with E-state index in [0.717, 1.165) is 29.6 Å². The van der Waals surface area contributed by atoms with Gasteiger partial charge < -0.3 is 10.2 Å². The molecule has 27 heavy (non-hydrogen) atoms. The lowest BCUT2D eigenvalue weighted by Gasteiger charge is -2.34. The van der Waals surface area contributed by atoms with Crippen molar-refractivity contribution in [2.75, 3.05) is 36.8 Å². The Morgan fingerprint density at radius 2 is 1.89 bits per heavy atom. The first-order chi connectivity index (χ1) is 13.0. The fourth-order valence-electron chi connectivity index (χ4n) is 3.38. The lowest BCUT2D eigenvalue weighted by molar-refractivity contribution is 0.0952. The maximum atomic E-state index is 12.7. The number of amides is 1. The van der Waals surface area contributed by atoms with Crippen molar-refractivity contribution in [3.8, 4) is 0 Å². The van der Waals surface area contributed by atoms with Crippen LogP contribution in [-0.4, -0.2) is 61.6 Å². The molecule has 2 fully saturated rings. The summed E-state index contributed by atoms with van der Waals surface area (Å²) >= 11 is 0. The Hall–Kier alpha value is -2.19. The molecule has 0 bridgehead atoms. The predicted octanol–water partition coefficient (Wildman–Crippen LogP) is 1.60. The SMILES string of the molecule is CCS(=O)(=O)N1CCN(c2cc(C(=O)NC3CC3)c3ccccc3n2)CC1. The van der Waals surface area contributed by atoms with Crippen molar-refractivity contribution < 1.29 is 13.2 Å². The molecule has 0 unspecified atom stereocenters. The van der Waals surface area contributed by atoms with Gasteiger partial charge in [0.1, 0.15) is 5.82 Å². The lowest BCUT2D eigenvalue weighted by atomic mass is 10.1. The average molecular weight is 388 g/mol. The second-order valence-electron chi connectivity index (χ2n) is 7.08. The molecular formula is C19H24N4O3S. The van der Waals surface area contributed by atoms with Crippen molar-refractivity contribution in [2.45, 2.75) is 25.8 Å². The van der Waals surface area contributed by atoms with E-state index in [1.165, 1.54) is 4.31 Å². The number of pyridine rings is 1. The van der Waals surface area contributed by atoms with Crippen molar-refractivity contribution in [1.29, 1.82) is 0 Å². The third kappa shape index (κ3) is 3.77. The number of rotatable bonds is 5. The number of carbonyl (C=O) groups is 1. The molecule has 1 N–H and O–H groups in total. The highest BCUT2D eigenvalue weighted by Gasteiger charge is 2.28. The fraction of sp³-hybridized carbons (Fsp3) is 0.474. The number of para-hydroxylation sites is 1. The second kappa shape index (κ2) is 7.09. The van der Waals surface area contributed by atoms with Gasteiger partial charge in [0.05, 0.1) is 16.8 Å². The zero-order valence-corrected chi connectivity index (χ0v) is 16.2. The zero-order chi connectivity index (χ0) is 19.0. The Morgan fingerprint density at radius 3 is 2.56 bits per heavy atom. The van der Waals surface area contributed by atoms with Gasteiger partial charge >= 0.3 is 0 Å². The van der Waals surface area contributed by atoms with Crippen LogP contribution in [0, 0.1) is 0 Å². The highest BCUT2D eigenvalue weighted by Crippen LogP contribution is 2.26. The molecule has 1 saturated carbocycles. The number of hydrogen-bond donors (Lipinski definition) is 1. The van der Waals surface area contributed by atoms with Crippen molar-refractivity contribution >= 4 is 32.7 Å². The minimum Gasteiger partial charge on any atom is -0.354 e. The summed E-state index contributed by atoms with van der Waals surface area (Å²) in [5.74, 6) is 0.778. The van der Waals surface area contributed by atoms with Crippen molar-refractivity contribution in [2.24, 2.45) is 0 Å². The molecule has 144 valence electrons. The molecule has 1 aromatic carbocycles. The molecule has 2 heterocycles. The largest absolute Gasteiger partial charge is 0.354 e. The third-order valence-electron chi connectivity index (χ3n) is 5.18. The van der Waals surface area contributed by atoms with E-state index in [9.17, 15) is 13.2 Å². The first-order valence-electron chi connectivity index (χ1n) is 9.41.